The quantitative estimate of drug-likeness (QED) is 0.0711. The zero-order chi connectivity index (χ0) is 55.7. The Kier molecular flexibility index (Phi) is 18.7. The Hall–Kier alpha value is -6.84. The number of fused-ring (bicyclic) bond motifs is 8. The topological polar surface area (TPSA) is 246 Å². The van der Waals surface area contributed by atoms with Crippen molar-refractivity contribution in [3.63, 3.8) is 0 Å². The van der Waals surface area contributed by atoms with Gasteiger partial charge in [0.25, 0.3) is 5.91 Å². The minimum absolute atomic E-state index is 0.0599. The summed E-state index contributed by atoms with van der Waals surface area (Å²) in [7, 11) is 3.36. The van der Waals surface area contributed by atoms with E-state index in [9.17, 15) is 38.0 Å². The number of likely N-dealkylation sites (N-methyl/N-ethyl adjacent to an activating group) is 1. The average molecular weight is 1110 g/mol. The molecule has 0 aliphatic carbocycles. The van der Waals surface area contributed by atoms with Crippen LogP contribution < -0.4 is 26.6 Å². The largest absolute Gasteiger partial charge is 0.382 e. The molecule has 420 valence electrons. The van der Waals surface area contributed by atoms with Crippen LogP contribution in [0, 0.1) is 28.9 Å². The monoisotopic (exact) mass is 1110 g/mol. The molecule has 2 bridgehead atoms. The van der Waals surface area contributed by atoms with Crippen molar-refractivity contribution in [2.75, 3.05) is 96.2 Å². The Labute approximate surface area is 462 Å². The number of nitrogens with one attached hydrogen (secondary N) is 3. The van der Waals surface area contributed by atoms with Gasteiger partial charge in [-0.15, -0.1) is 11.8 Å². The van der Waals surface area contributed by atoms with E-state index in [0.29, 0.717) is 110 Å². The number of amides is 4. The van der Waals surface area contributed by atoms with Crippen molar-refractivity contribution in [1.29, 1.82) is 5.26 Å². The summed E-state index contributed by atoms with van der Waals surface area (Å²) in [5, 5.41) is 24.7. The number of rotatable bonds is 20. The van der Waals surface area contributed by atoms with Gasteiger partial charge in [-0.3, -0.25) is 33.6 Å². The summed E-state index contributed by atoms with van der Waals surface area (Å²) in [4.78, 5) is 85.1. The second-order valence-corrected chi connectivity index (χ2v) is 21.8. The van der Waals surface area contributed by atoms with Crippen LogP contribution in [0.2, 0.25) is 0 Å². The zero-order valence-corrected chi connectivity index (χ0v) is 45.7. The maximum atomic E-state index is 14.8. The molecule has 5 aliphatic rings. The fourth-order valence-corrected chi connectivity index (χ4v) is 12.5. The molecule has 3 fully saturated rings. The number of aromatic nitrogens is 3. The van der Waals surface area contributed by atoms with Crippen LogP contribution in [0.15, 0.2) is 59.7 Å². The highest BCUT2D eigenvalue weighted by Gasteiger charge is 2.43. The Morgan fingerprint density at radius 3 is 2.42 bits per heavy atom. The number of ketones is 1. The lowest BCUT2D eigenvalue weighted by Crippen LogP contribution is -2.58. The van der Waals surface area contributed by atoms with Crippen molar-refractivity contribution in [2.45, 2.75) is 95.2 Å². The number of anilines is 2. The molecular weight excluding hydrogens is 1040 g/mol. The molecule has 5 N–H and O–H groups in total. The first-order valence-electron chi connectivity index (χ1n) is 27.2. The second kappa shape index (κ2) is 26.0. The average Bonchev–Trinajstić information content (AvgIpc) is 4.50. The third kappa shape index (κ3) is 13.1. The van der Waals surface area contributed by atoms with Gasteiger partial charge in [0.15, 0.2) is 11.5 Å². The van der Waals surface area contributed by atoms with Crippen molar-refractivity contribution in [3.05, 3.63) is 94.4 Å². The van der Waals surface area contributed by atoms with E-state index in [4.69, 9.17) is 20.2 Å². The van der Waals surface area contributed by atoms with Gasteiger partial charge in [-0.05, 0) is 126 Å². The molecule has 4 amide bonds. The summed E-state index contributed by atoms with van der Waals surface area (Å²) in [6.45, 7) is 6.71. The number of thioether (sulfide) groups is 1. The van der Waals surface area contributed by atoms with E-state index in [1.165, 1.54) is 59.1 Å². The minimum Gasteiger partial charge on any atom is -0.382 e. The fraction of sp³-hybridized carbons (Fsp3) is 0.518. The molecule has 23 heteroatoms. The molecule has 79 heavy (non-hydrogen) atoms. The molecular formula is C56H69F2N13O7S. The summed E-state index contributed by atoms with van der Waals surface area (Å²) in [5.74, 6) is -1.34. The number of likely N-dealkylation sites (tertiary alicyclic amines) is 2. The summed E-state index contributed by atoms with van der Waals surface area (Å²) < 4.78 is 41.6. The number of pyridine rings is 1. The van der Waals surface area contributed by atoms with Gasteiger partial charge in [0.1, 0.15) is 35.6 Å². The van der Waals surface area contributed by atoms with E-state index in [0.717, 1.165) is 31.0 Å². The van der Waals surface area contributed by atoms with Gasteiger partial charge in [-0.1, -0.05) is 0 Å². The van der Waals surface area contributed by atoms with Crippen molar-refractivity contribution in [1.82, 2.24) is 45.4 Å². The van der Waals surface area contributed by atoms with Gasteiger partial charge in [-0.2, -0.15) is 10.4 Å². The van der Waals surface area contributed by atoms with Gasteiger partial charge >= 0.3 is 0 Å². The molecule has 5 aliphatic heterocycles. The van der Waals surface area contributed by atoms with E-state index in [2.05, 4.69) is 41.9 Å². The summed E-state index contributed by atoms with van der Waals surface area (Å²) in [6, 6.07) is 11.4. The number of piperidine rings is 1. The van der Waals surface area contributed by atoms with Crippen LogP contribution in [-0.2, 0) is 36.9 Å². The van der Waals surface area contributed by atoms with Gasteiger partial charge in [-0.25, -0.2) is 13.8 Å². The van der Waals surface area contributed by atoms with Gasteiger partial charge in [0.05, 0.1) is 74.1 Å². The molecule has 0 saturated carbocycles. The first-order valence-corrected chi connectivity index (χ1v) is 28.2. The third-order valence-electron chi connectivity index (χ3n) is 15.7. The molecule has 2 aromatic heterocycles. The number of nitriles is 1. The maximum absolute atomic E-state index is 14.8. The van der Waals surface area contributed by atoms with E-state index >= 15 is 0 Å². The maximum Gasteiger partial charge on any atom is 0.254 e. The van der Waals surface area contributed by atoms with Crippen molar-refractivity contribution in [3.8, 4) is 17.2 Å². The smallest absolute Gasteiger partial charge is 0.254 e. The lowest BCUT2D eigenvalue weighted by Gasteiger charge is -2.38. The van der Waals surface area contributed by atoms with Crippen molar-refractivity contribution in [2.24, 2.45) is 10.9 Å². The molecule has 0 spiro atoms. The van der Waals surface area contributed by atoms with Crippen LogP contribution in [0.1, 0.15) is 95.6 Å². The molecule has 4 aromatic rings. The number of Topliss-reactive ketones (excluding diaryl/α,β-unsaturated/α-hetero) is 1. The minimum atomic E-state index is -0.722. The summed E-state index contributed by atoms with van der Waals surface area (Å²) in [6.07, 6.45) is 6.06. The number of aliphatic imine (C=N–C) groups is 1. The predicted molar refractivity (Wildman–Crippen MR) is 294 cm³/mol. The number of nitrogens with zero attached hydrogens (tertiary/aromatic N) is 9. The molecule has 7 heterocycles. The van der Waals surface area contributed by atoms with Gasteiger partial charge < -0.3 is 50.8 Å². The fourth-order valence-electron chi connectivity index (χ4n) is 11.3. The number of halogens is 2. The van der Waals surface area contributed by atoms with Crippen LogP contribution in [0.5, 0.6) is 0 Å². The predicted octanol–water partition coefficient (Wildman–Crippen LogP) is 4.34. The van der Waals surface area contributed by atoms with E-state index < -0.39 is 29.8 Å². The Balaban J connectivity index is 0.716. The lowest BCUT2D eigenvalue weighted by atomic mass is 9.88. The first-order chi connectivity index (χ1) is 38.2. The van der Waals surface area contributed by atoms with Crippen LogP contribution in [0.25, 0.3) is 11.1 Å². The zero-order valence-electron chi connectivity index (χ0n) is 44.9. The number of benzene rings is 2. The Bertz CT molecular complexity index is 2960. The Morgan fingerprint density at radius 1 is 0.924 bits per heavy atom. The van der Waals surface area contributed by atoms with Crippen LogP contribution in [-0.4, -0.2) is 174 Å². The SMILES string of the molecule is CN[C@H](C)C(=O)N[C@@H](C(=O)N1CCC[C@@H]1C1=NC(C(=O)c2ccc(F)cc2)CS1)C1CCN(CCOCCOCCC(=O)NCCn2nc(C#N)c3c2CN(C)C(=O)c2ccc(F)cc2[C@H]2CCCN2c2cc-3cnc2N)CC1. The molecule has 0 radical (unpaired) electrons. The van der Waals surface area contributed by atoms with Crippen molar-refractivity contribution < 1.29 is 42.2 Å². The number of carbonyl (C=O) groups is 5. The number of nitrogen functional groups attached to an aromatic ring is 1. The molecule has 5 atom stereocenters. The first kappa shape index (κ1) is 56.9. The number of hydrogen-bond donors (Lipinski definition) is 4. The molecule has 1 unspecified atom stereocenters. The van der Waals surface area contributed by atoms with Crippen LogP contribution in [0.4, 0.5) is 20.3 Å². The highest BCUT2D eigenvalue weighted by Crippen LogP contribution is 2.43. The highest BCUT2D eigenvalue weighted by atomic mass is 32.2. The summed E-state index contributed by atoms with van der Waals surface area (Å²) >= 11 is 1.48. The van der Waals surface area contributed by atoms with Crippen molar-refractivity contribution >= 4 is 57.7 Å². The number of hydrogen-bond acceptors (Lipinski definition) is 16. The number of nitrogens with two attached hydrogens (primary N) is 1. The normalized spacial score (nSPS) is 20.3. The van der Waals surface area contributed by atoms with E-state index in [1.807, 2.05) is 11.0 Å². The van der Waals surface area contributed by atoms with Gasteiger partial charge in [0, 0.05) is 73.9 Å². The van der Waals surface area contributed by atoms with Crippen LogP contribution in [0.3, 0.4) is 0 Å². The van der Waals surface area contributed by atoms with E-state index in [1.54, 1.807) is 31.9 Å². The highest BCUT2D eigenvalue weighted by molar-refractivity contribution is 8.14. The van der Waals surface area contributed by atoms with Gasteiger partial charge in [0.2, 0.25) is 17.7 Å². The van der Waals surface area contributed by atoms with Crippen LogP contribution >= 0.6 is 11.8 Å². The lowest BCUT2D eigenvalue weighted by molar-refractivity contribution is -0.138. The van der Waals surface area contributed by atoms with E-state index in [-0.39, 0.29) is 91.6 Å². The Morgan fingerprint density at radius 2 is 1.66 bits per heavy atom. The second-order valence-electron chi connectivity index (χ2n) is 20.7. The third-order valence-corrected chi connectivity index (χ3v) is 16.9. The number of ether oxygens (including phenoxy) is 2. The molecule has 3 saturated heterocycles. The molecule has 20 nitrogen and oxygen atoms in total. The standard InChI is InChI=1S/C56H69F2N13O7S/c1-34(61-2)53(74)65-50(56(76)70-19-5-7-45(70)54-64-43(33-79-54)51(73)36-8-10-38(57)11-9-36)35-14-20-68(21-15-35)23-25-78-27-26-77-24-16-48(72)62-17-22-71-47-32-67(3)55(75)40-13-12-39(58)29-41(40)44-6-4-18-69(44)46-28-37(31-63-52(46)60)49(47)42(30-59)66-71/h8-13,28-29,31,34-35,43-45,50,61H,4-7,14-27,32-33H2,1-3H3,(H2,60,63)(H,62,72)(H,65,74)/t34-,43?,44-,45-,50-/m1/s1. The molecule has 9 rings (SSSR count). The summed E-state index contributed by atoms with van der Waals surface area (Å²) in [5.41, 5.74) is 10.2. The number of carbonyl (C=O) groups excluding carboxylic acids is 5. The molecule has 2 aromatic carbocycles.